The molecule has 12 N–H and O–H groups in total. The van der Waals surface area contributed by atoms with Crippen LogP contribution in [0.5, 0.6) is 0 Å². The van der Waals surface area contributed by atoms with E-state index in [1.807, 2.05) is 0 Å². The minimum atomic E-state index is -5.58. The molecule has 3 unspecified atom stereocenters. The highest BCUT2D eigenvalue weighted by atomic mass is 32.2. The molecule has 25 nitrogen and oxygen atoms in total. The number of aliphatic hydroxyl groups excluding tert-OH is 2. The molecule has 2 amide bonds. The van der Waals surface area contributed by atoms with Crippen molar-refractivity contribution in [2.24, 2.45) is 5.41 Å². The molecule has 1 aromatic carbocycles. The number of anilines is 2. The molecule has 1 saturated heterocycles. The maximum Gasteiger partial charge on any atom is 0.481 e. The number of ether oxygens (including phenoxy) is 1. The maximum atomic E-state index is 12.7. The van der Waals surface area contributed by atoms with Crippen molar-refractivity contribution in [3.8, 4) is 0 Å². The Balaban J connectivity index is 1.23. The first-order valence-corrected chi connectivity index (χ1v) is 21.9. The number of carbonyl (C=O) groups excluding carboxylic acids is 3. The summed E-state index contributed by atoms with van der Waals surface area (Å²) in [6.45, 7) is 0.364. The first-order chi connectivity index (χ1) is 26.5. The fourth-order valence-electron chi connectivity index (χ4n) is 5.03. The van der Waals surface area contributed by atoms with Crippen LogP contribution >= 0.6 is 35.2 Å². The number of phosphoric ester groups is 3. The van der Waals surface area contributed by atoms with Crippen LogP contribution in [0.1, 0.15) is 36.9 Å². The maximum absolute atomic E-state index is 12.7. The Kier molecular flexibility index (Phi) is 15.5. The lowest BCUT2D eigenvalue weighted by molar-refractivity contribution is -0.137. The molecular formula is C28H41N8O17P3S. The van der Waals surface area contributed by atoms with Gasteiger partial charge in [0.15, 0.2) is 17.7 Å². The van der Waals surface area contributed by atoms with E-state index < -0.39 is 84.6 Å². The third-order valence-electron chi connectivity index (χ3n) is 7.92. The van der Waals surface area contributed by atoms with Crippen molar-refractivity contribution >= 4 is 74.8 Å². The van der Waals surface area contributed by atoms with E-state index in [9.17, 15) is 57.9 Å². The topological polar surface area (TPSA) is 390 Å². The van der Waals surface area contributed by atoms with Crippen LogP contribution in [0.25, 0.3) is 11.2 Å². The number of phosphoric acid groups is 3. The van der Waals surface area contributed by atoms with E-state index >= 15 is 0 Å². The van der Waals surface area contributed by atoms with Gasteiger partial charge in [0.25, 0.3) is 0 Å². The number of carbonyl (C=O) groups is 3. The lowest BCUT2D eigenvalue weighted by Crippen LogP contribution is -2.46. The third kappa shape index (κ3) is 13.0. The van der Waals surface area contributed by atoms with Crippen molar-refractivity contribution in [2.45, 2.75) is 50.9 Å². The molecule has 4 rings (SSSR count). The first kappa shape index (κ1) is 46.3. The molecule has 1 aliphatic heterocycles. The fraction of sp³-hybridized carbons (Fsp3) is 0.500. The molecule has 57 heavy (non-hydrogen) atoms. The summed E-state index contributed by atoms with van der Waals surface area (Å²) in [7, 11) is -16.4. The van der Waals surface area contributed by atoms with Gasteiger partial charge >= 0.3 is 23.5 Å². The number of nitrogen functional groups attached to an aromatic ring is 2. The molecule has 0 bridgehead atoms. The minimum Gasteiger partial charge on any atom is -0.398 e. The van der Waals surface area contributed by atoms with Gasteiger partial charge in [0.2, 0.25) is 16.9 Å². The molecule has 1 fully saturated rings. The van der Waals surface area contributed by atoms with E-state index in [4.69, 9.17) is 25.3 Å². The average Bonchev–Trinajstić information content (AvgIpc) is 3.68. The van der Waals surface area contributed by atoms with E-state index in [0.717, 1.165) is 29.0 Å². The number of imidazole rings is 1. The van der Waals surface area contributed by atoms with E-state index in [1.54, 1.807) is 24.3 Å². The van der Waals surface area contributed by atoms with E-state index in [2.05, 4.69) is 34.4 Å². The molecular weight excluding hydrogens is 845 g/mol. The van der Waals surface area contributed by atoms with Gasteiger partial charge in [-0.1, -0.05) is 37.7 Å². The molecule has 29 heteroatoms. The number of aliphatic hydroxyl groups is 2. The summed E-state index contributed by atoms with van der Waals surface area (Å²) in [4.78, 5) is 87.9. The van der Waals surface area contributed by atoms with Gasteiger partial charge in [-0.2, -0.15) is 4.31 Å². The summed E-state index contributed by atoms with van der Waals surface area (Å²) in [6.07, 6.45) is -6.99. The molecule has 0 aliphatic carbocycles. The zero-order valence-corrected chi connectivity index (χ0v) is 33.5. The number of nitrogens with zero attached hydrogens (tertiary/aromatic N) is 4. The van der Waals surface area contributed by atoms with E-state index in [1.165, 1.54) is 13.8 Å². The normalized spacial score (nSPS) is 21.4. The van der Waals surface area contributed by atoms with Gasteiger partial charge in [0.05, 0.1) is 25.1 Å². The van der Waals surface area contributed by atoms with Crippen LogP contribution in [-0.4, -0.2) is 123 Å². The third-order valence-corrected chi connectivity index (χ3v) is 11.9. The van der Waals surface area contributed by atoms with Crippen LogP contribution in [0.2, 0.25) is 0 Å². The van der Waals surface area contributed by atoms with Gasteiger partial charge in [-0.05, 0) is 12.1 Å². The van der Waals surface area contributed by atoms with Crippen LogP contribution in [0, 0.1) is 5.41 Å². The summed E-state index contributed by atoms with van der Waals surface area (Å²) in [5, 5.41) is 26.1. The highest BCUT2D eigenvalue weighted by molar-refractivity contribution is 8.14. The number of thioether (sulfide) groups is 1. The van der Waals surface area contributed by atoms with Gasteiger partial charge in [-0.15, -0.1) is 0 Å². The molecule has 0 radical (unpaired) electrons. The number of rotatable bonds is 20. The second-order valence-electron chi connectivity index (χ2n) is 12.8. The minimum absolute atomic E-state index is 0.0265. The standard InChI is InChI=1S/C28H41N8O17P3S/c1-28(2,22(39)25(40)32-8-7-18(37)31-9-10-57-27(41)15-5-3-4-6-16(15)29)12-50-56(47,48)53-55(45,46)49-11-17-21(52-54(42,43)44)20(38)26(51-17)36-14-35-19-23(30)33-13-34-24(19)36/h3-6,13-14,17,20-22,26,38-39H,7-12,29H2,1-2H3,(H,31,37)(H,32,40)(H,45,46)(H,47,48)(H2,30,33,34)(H2,42,43,44)/t17-,20-,21-,22?,26-/m1/s1. The van der Waals surface area contributed by atoms with Gasteiger partial charge < -0.3 is 56.6 Å². The molecule has 2 aromatic heterocycles. The monoisotopic (exact) mass is 886 g/mol. The Hall–Kier alpha value is -3.42. The summed E-state index contributed by atoms with van der Waals surface area (Å²) >= 11 is 0.957. The number of hydrogen-bond acceptors (Lipinski definition) is 19. The van der Waals surface area contributed by atoms with Crippen LogP contribution < -0.4 is 22.1 Å². The fourth-order valence-corrected chi connectivity index (χ4v) is 8.59. The quantitative estimate of drug-likeness (QED) is 0.0390. The first-order valence-electron chi connectivity index (χ1n) is 16.4. The Morgan fingerprint density at radius 2 is 1.70 bits per heavy atom. The highest BCUT2D eigenvalue weighted by Gasteiger charge is 2.50. The van der Waals surface area contributed by atoms with E-state index in [-0.39, 0.29) is 47.4 Å². The number of benzene rings is 1. The second kappa shape index (κ2) is 19.1. The van der Waals surface area contributed by atoms with Crippen molar-refractivity contribution in [2.75, 3.05) is 43.5 Å². The number of fused-ring (bicyclic) bond motifs is 1. The highest BCUT2D eigenvalue weighted by Crippen LogP contribution is 2.61. The number of amides is 2. The Morgan fingerprint density at radius 3 is 2.39 bits per heavy atom. The van der Waals surface area contributed by atoms with Crippen LogP contribution in [-0.2, 0) is 45.9 Å². The number of nitrogens with one attached hydrogen (secondary N) is 2. The molecule has 0 saturated carbocycles. The zero-order valence-electron chi connectivity index (χ0n) is 30.0. The number of hydrogen-bond donors (Lipinski definition) is 10. The number of aromatic nitrogens is 4. The van der Waals surface area contributed by atoms with Gasteiger partial charge in [-0.3, -0.25) is 32.5 Å². The Labute approximate surface area is 327 Å². The molecule has 3 aromatic rings. The molecule has 7 atom stereocenters. The van der Waals surface area contributed by atoms with Crippen molar-refractivity contribution in [3.05, 3.63) is 42.5 Å². The predicted octanol–water partition coefficient (Wildman–Crippen LogP) is -0.439. The van der Waals surface area contributed by atoms with Gasteiger partial charge in [0.1, 0.15) is 36.3 Å². The smallest absolute Gasteiger partial charge is 0.398 e. The number of para-hydroxylation sites is 1. The van der Waals surface area contributed by atoms with Crippen LogP contribution in [0.15, 0.2) is 36.9 Å². The summed E-state index contributed by atoms with van der Waals surface area (Å²) in [6, 6.07) is 6.54. The van der Waals surface area contributed by atoms with Crippen LogP contribution in [0.4, 0.5) is 11.5 Å². The van der Waals surface area contributed by atoms with Crippen molar-refractivity contribution in [1.29, 1.82) is 0 Å². The lowest BCUT2D eigenvalue weighted by atomic mass is 9.87. The van der Waals surface area contributed by atoms with Crippen LogP contribution in [0.3, 0.4) is 0 Å². The molecule has 1 aliphatic rings. The SMILES string of the molecule is CC(C)(COP(=O)(O)OP(=O)(O)OC[C@H]1O[C@@H](n2cnc3c(N)ncnc32)[C@H](O)[C@@H]1OP(=O)(O)O)C(O)C(=O)NCCC(=O)NCCSC(=O)c1ccccc1N. The summed E-state index contributed by atoms with van der Waals surface area (Å²) < 4.78 is 62.1. The van der Waals surface area contributed by atoms with E-state index in [0.29, 0.717) is 11.3 Å². The summed E-state index contributed by atoms with van der Waals surface area (Å²) in [5.41, 5.74) is 10.7. The molecule has 3 heterocycles. The molecule has 316 valence electrons. The predicted molar refractivity (Wildman–Crippen MR) is 197 cm³/mol. The molecule has 0 spiro atoms. The van der Waals surface area contributed by atoms with Gasteiger partial charge in [-0.25, -0.2) is 28.6 Å². The average molecular weight is 887 g/mol. The van der Waals surface area contributed by atoms with Crippen molar-refractivity contribution in [3.63, 3.8) is 0 Å². The summed E-state index contributed by atoms with van der Waals surface area (Å²) in [5.74, 6) is -1.26. The van der Waals surface area contributed by atoms with Gasteiger partial charge in [0, 0.05) is 36.4 Å². The zero-order chi connectivity index (χ0) is 42.3. The second-order valence-corrected chi connectivity index (χ2v) is 18.1. The number of nitrogens with two attached hydrogens (primary N) is 2. The Bertz CT molecular complexity index is 2070. The largest absolute Gasteiger partial charge is 0.481 e. The Morgan fingerprint density at radius 1 is 1.02 bits per heavy atom. The van der Waals surface area contributed by atoms with Crippen molar-refractivity contribution < 1.29 is 80.5 Å². The van der Waals surface area contributed by atoms with Crippen molar-refractivity contribution in [1.82, 2.24) is 30.2 Å². The lowest BCUT2D eigenvalue weighted by Gasteiger charge is -2.30.